The molecule has 0 saturated carbocycles. The SMILES string of the molecule is CCC[CH2][Sn]([CH2]CCC)([CH2]CCC)[c]1cccc(OC(=O)c2ccccc2NCc2ccncc2)c1. The van der Waals surface area contributed by atoms with E-state index in [1.807, 2.05) is 42.5 Å². The van der Waals surface area contributed by atoms with Crippen LogP contribution in [0.2, 0.25) is 13.3 Å². The van der Waals surface area contributed by atoms with Crippen LogP contribution in [-0.2, 0) is 6.54 Å². The fraction of sp³-hybridized carbons (Fsp3) is 0.419. The summed E-state index contributed by atoms with van der Waals surface area (Å²) < 4.78 is 11.7. The summed E-state index contributed by atoms with van der Waals surface area (Å²) in [4.78, 5) is 17.3. The second-order valence-electron chi connectivity index (χ2n) is 9.76. The Balaban J connectivity index is 1.81. The van der Waals surface area contributed by atoms with Crippen molar-refractivity contribution in [3.05, 3.63) is 84.2 Å². The molecule has 0 spiro atoms. The van der Waals surface area contributed by atoms with Gasteiger partial charge in [0.15, 0.2) is 0 Å². The van der Waals surface area contributed by atoms with Crippen molar-refractivity contribution in [3.63, 3.8) is 0 Å². The Morgan fingerprint density at radius 3 is 2.11 bits per heavy atom. The maximum absolute atomic E-state index is 13.3. The van der Waals surface area contributed by atoms with Crippen molar-refractivity contribution >= 4 is 33.6 Å². The molecule has 0 aliphatic heterocycles. The van der Waals surface area contributed by atoms with Crippen LogP contribution in [0.15, 0.2) is 73.1 Å². The third-order valence-corrected chi connectivity index (χ3v) is 22.7. The van der Waals surface area contributed by atoms with Gasteiger partial charge < -0.3 is 0 Å². The van der Waals surface area contributed by atoms with E-state index >= 15 is 0 Å². The van der Waals surface area contributed by atoms with Crippen molar-refractivity contribution in [1.82, 2.24) is 4.98 Å². The molecule has 0 radical (unpaired) electrons. The summed E-state index contributed by atoms with van der Waals surface area (Å²) in [5.41, 5.74) is 2.43. The fourth-order valence-corrected chi connectivity index (χ4v) is 20.9. The number of carbonyl (C=O) groups excluding carboxylic acids is 1. The Morgan fingerprint density at radius 2 is 1.47 bits per heavy atom. The summed E-state index contributed by atoms with van der Waals surface area (Å²) in [5.74, 6) is 0.355. The van der Waals surface area contributed by atoms with E-state index in [9.17, 15) is 4.79 Å². The van der Waals surface area contributed by atoms with Gasteiger partial charge in [0.25, 0.3) is 0 Å². The summed E-state index contributed by atoms with van der Waals surface area (Å²) in [6.45, 7) is 7.52. The number of rotatable bonds is 15. The number of aromatic nitrogens is 1. The number of para-hydroxylation sites is 1. The van der Waals surface area contributed by atoms with E-state index in [0.717, 1.165) is 11.3 Å². The van der Waals surface area contributed by atoms with Gasteiger partial charge in [0.05, 0.1) is 0 Å². The number of nitrogens with one attached hydrogen (secondary N) is 1. The van der Waals surface area contributed by atoms with Crippen molar-refractivity contribution in [2.24, 2.45) is 0 Å². The van der Waals surface area contributed by atoms with Crippen molar-refractivity contribution in [2.45, 2.75) is 79.2 Å². The maximum atomic E-state index is 13.3. The molecule has 0 aliphatic carbocycles. The van der Waals surface area contributed by atoms with Crippen LogP contribution in [0.5, 0.6) is 5.75 Å². The zero-order valence-corrected chi connectivity index (χ0v) is 25.1. The van der Waals surface area contributed by atoms with E-state index in [4.69, 9.17) is 4.74 Å². The van der Waals surface area contributed by atoms with Crippen molar-refractivity contribution < 1.29 is 9.53 Å². The molecule has 5 heteroatoms. The molecule has 2 aromatic carbocycles. The topological polar surface area (TPSA) is 51.2 Å². The zero-order chi connectivity index (χ0) is 25.6. The van der Waals surface area contributed by atoms with Gasteiger partial charge in [-0.05, 0) is 0 Å². The molecule has 0 atom stereocenters. The third kappa shape index (κ3) is 8.09. The minimum atomic E-state index is -2.59. The molecule has 3 aromatic rings. The van der Waals surface area contributed by atoms with Crippen LogP contribution in [0, 0.1) is 0 Å². The molecule has 1 heterocycles. The first-order valence-corrected chi connectivity index (χ1v) is 21.1. The molecule has 0 unspecified atom stereocenters. The summed E-state index contributed by atoms with van der Waals surface area (Å²) >= 11 is -2.59. The van der Waals surface area contributed by atoms with Gasteiger partial charge in [0.2, 0.25) is 0 Å². The first-order chi connectivity index (χ1) is 17.6. The Kier molecular flexibility index (Phi) is 11.8. The molecule has 0 fully saturated rings. The number of nitrogens with zero attached hydrogens (tertiary/aromatic N) is 1. The number of carbonyl (C=O) groups is 1. The standard InChI is InChI=1S/C19H15N2O2.3C4H9.Sn/c22-19(23-16-6-2-1-3-7-16)17-8-4-5-9-18(17)21-14-15-10-12-20-13-11-15;3*1-3-4-2;/h1-2,4-13,21H,14H2;3*1,3-4H2,2H3;. The molecule has 4 nitrogen and oxygen atoms in total. The van der Waals surface area contributed by atoms with Gasteiger partial charge in [-0.3, -0.25) is 4.98 Å². The first kappa shape index (κ1) is 28.2. The van der Waals surface area contributed by atoms with Crippen LogP contribution >= 0.6 is 0 Å². The Hall–Kier alpha value is -2.34. The molecule has 0 aliphatic rings. The van der Waals surface area contributed by atoms with Crippen molar-refractivity contribution in [1.29, 1.82) is 0 Å². The number of anilines is 1. The normalized spacial score (nSPS) is 11.3. The van der Waals surface area contributed by atoms with Gasteiger partial charge in [-0.25, -0.2) is 0 Å². The number of unbranched alkanes of at least 4 members (excludes halogenated alkanes) is 3. The zero-order valence-electron chi connectivity index (χ0n) is 22.3. The average Bonchev–Trinajstić information content (AvgIpc) is 2.92. The molecule has 0 bridgehead atoms. The van der Waals surface area contributed by atoms with E-state index in [1.165, 1.54) is 55.4 Å². The van der Waals surface area contributed by atoms with Gasteiger partial charge in [-0.1, -0.05) is 0 Å². The molecule has 1 N–H and O–H groups in total. The van der Waals surface area contributed by atoms with Gasteiger partial charge >= 0.3 is 218 Å². The predicted molar refractivity (Wildman–Crippen MR) is 154 cm³/mol. The number of benzene rings is 2. The van der Waals surface area contributed by atoms with Gasteiger partial charge in [-0.15, -0.1) is 0 Å². The molecular weight excluding hydrogens is 551 g/mol. The fourth-order valence-electron chi connectivity index (χ4n) is 4.92. The number of hydrogen-bond donors (Lipinski definition) is 1. The van der Waals surface area contributed by atoms with Crippen LogP contribution in [0.1, 0.15) is 75.2 Å². The van der Waals surface area contributed by atoms with E-state index < -0.39 is 18.4 Å². The molecular formula is C31H42N2O2Sn. The number of esters is 1. The Bertz CT molecular complexity index is 1050. The van der Waals surface area contributed by atoms with E-state index in [0.29, 0.717) is 17.9 Å². The second-order valence-corrected chi connectivity index (χ2v) is 23.0. The van der Waals surface area contributed by atoms with Crippen molar-refractivity contribution in [3.8, 4) is 5.75 Å². The average molecular weight is 593 g/mol. The molecule has 0 amide bonds. The summed E-state index contributed by atoms with van der Waals surface area (Å²) in [5, 5.41) is 3.38. The minimum absolute atomic E-state index is 0.318. The van der Waals surface area contributed by atoms with Crippen LogP contribution in [0.3, 0.4) is 0 Å². The molecule has 3 rings (SSSR count). The molecule has 0 saturated heterocycles. The summed E-state index contributed by atoms with van der Waals surface area (Å²) in [7, 11) is 0. The van der Waals surface area contributed by atoms with Gasteiger partial charge in [0, 0.05) is 0 Å². The van der Waals surface area contributed by atoms with Crippen molar-refractivity contribution in [2.75, 3.05) is 5.32 Å². The first-order valence-electron chi connectivity index (χ1n) is 13.7. The molecule has 36 heavy (non-hydrogen) atoms. The quantitative estimate of drug-likeness (QED) is 0.110. The summed E-state index contributed by atoms with van der Waals surface area (Å²) in [6.07, 6.45) is 11.2. The number of ether oxygens (including phenoxy) is 1. The monoisotopic (exact) mass is 594 g/mol. The number of hydrogen-bond acceptors (Lipinski definition) is 4. The van der Waals surface area contributed by atoms with Gasteiger partial charge in [0.1, 0.15) is 0 Å². The summed E-state index contributed by atoms with van der Waals surface area (Å²) in [6, 6.07) is 20.1. The van der Waals surface area contributed by atoms with E-state index in [1.54, 1.807) is 12.4 Å². The molecule has 192 valence electrons. The van der Waals surface area contributed by atoms with E-state index in [2.05, 4.69) is 49.3 Å². The van der Waals surface area contributed by atoms with E-state index in [-0.39, 0.29) is 5.97 Å². The second kappa shape index (κ2) is 15.0. The predicted octanol–water partition coefficient (Wildman–Crippen LogP) is 7.97. The molecule has 1 aromatic heterocycles. The van der Waals surface area contributed by atoms with Crippen LogP contribution in [-0.4, -0.2) is 29.3 Å². The Labute approximate surface area is 221 Å². The number of pyridine rings is 1. The van der Waals surface area contributed by atoms with Crippen LogP contribution in [0.4, 0.5) is 5.69 Å². The van der Waals surface area contributed by atoms with Gasteiger partial charge in [-0.2, -0.15) is 0 Å². The van der Waals surface area contributed by atoms with Crippen LogP contribution < -0.4 is 13.6 Å². The third-order valence-electron chi connectivity index (χ3n) is 7.06. The van der Waals surface area contributed by atoms with Crippen LogP contribution in [0.25, 0.3) is 0 Å². The Morgan fingerprint density at radius 1 is 0.833 bits per heavy atom.